The van der Waals surface area contributed by atoms with Gasteiger partial charge in [0.1, 0.15) is 11.2 Å². The molecule has 2 aromatic heterocycles. The summed E-state index contributed by atoms with van der Waals surface area (Å²) in [5, 5.41) is 4.75. The molecule has 1 fully saturated rings. The monoisotopic (exact) mass is 472 g/mol. The van der Waals surface area contributed by atoms with E-state index in [0.29, 0.717) is 43.0 Å². The van der Waals surface area contributed by atoms with Crippen LogP contribution in [0.15, 0.2) is 65.6 Å². The summed E-state index contributed by atoms with van der Waals surface area (Å²) in [5.41, 5.74) is 3.29. The predicted octanol–water partition coefficient (Wildman–Crippen LogP) is 2.54. The summed E-state index contributed by atoms with van der Waals surface area (Å²) < 4.78 is 7.12. The van der Waals surface area contributed by atoms with Gasteiger partial charge in [-0.05, 0) is 23.8 Å². The number of aryl methyl sites for hydroxylation is 1. The minimum Gasteiger partial charge on any atom is -0.378 e. The molecule has 0 unspecified atom stereocenters. The van der Waals surface area contributed by atoms with Gasteiger partial charge in [0.05, 0.1) is 25.1 Å². The number of fused-ring (bicyclic) bond motifs is 1. The molecule has 9 heteroatoms. The molecule has 1 aliphatic heterocycles. The third-order valence-corrected chi connectivity index (χ3v) is 6.24. The number of carbonyl (C=O) groups is 1. The van der Waals surface area contributed by atoms with E-state index in [2.05, 4.69) is 32.1 Å². The number of hydrogen-bond donors (Lipinski definition) is 1. The largest absolute Gasteiger partial charge is 0.378 e. The van der Waals surface area contributed by atoms with Gasteiger partial charge < -0.3 is 19.5 Å². The summed E-state index contributed by atoms with van der Waals surface area (Å²) in [6, 6.07) is 17.7. The Bertz CT molecular complexity index is 1370. The van der Waals surface area contributed by atoms with Crippen molar-refractivity contribution < 1.29 is 9.53 Å². The first-order valence-electron chi connectivity index (χ1n) is 11.8. The molecule has 4 aromatic rings. The highest BCUT2D eigenvalue weighted by atomic mass is 16.5. The minimum atomic E-state index is -0.257. The van der Waals surface area contributed by atoms with Crippen LogP contribution in [0.25, 0.3) is 16.7 Å². The SMILES string of the molecule is CN(Cc1ccccc1N1CCOCC1)C(=O)CCc1nc2c(cnn2-c2ccccc2)c(=O)[nH]1. The quantitative estimate of drug-likeness (QED) is 0.444. The molecule has 1 aliphatic rings. The maximum atomic E-state index is 13.0. The Labute approximate surface area is 203 Å². The molecular weight excluding hydrogens is 444 g/mol. The van der Waals surface area contributed by atoms with Crippen LogP contribution in [-0.4, -0.2) is 63.9 Å². The van der Waals surface area contributed by atoms with E-state index in [1.807, 2.05) is 49.5 Å². The van der Waals surface area contributed by atoms with E-state index in [0.717, 1.165) is 30.0 Å². The second-order valence-corrected chi connectivity index (χ2v) is 8.62. The maximum absolute atomic E-state index is 13.0. The first kappa shape index (κ1) is 22.8. The number of para-hydroxylation sites is 2. The van der Waals surface area contributed by atoms with E-state index in [-0.39, 0.29) is 17.9 Å². The van der Waals surface area contributed by atoms with Crippen molar-refractivity contribution in [3.05, 3.63) is 82.5 Å². The summed E-state index contributed by atoms with van der Waals surface area (Å²) >= 11 is 0. The Morgan fingerprint density at radius 3 is 2.63 bits per heavy atom. The van der Waals surface area contributed by atoms with Gasteiger partial charge in [-0.25, -0.2) is 9.67 Å². The fourth-order valence-electron chi connectivity index (χ4n) is 4.36. The lowest BCUT2D eigenvalue weighted by molar-refractivity contribution is -0.130. The molecule has 9 nitrogen and oxygen atoms in total. The number of benzene rings is 2. The van der Waals surface area contributed by atoms with Crippen molar-refractivity contribution in [3.8, 4) is 5.69 Å². The number of aromatic nitrogens is 4. The number of amides is 1. The predicted molar refractivity (Wildman–Crippen MR) is 134 cm³/mol. The van der Waals surface area contributed by atoms with E-state index >= 15 is 0 Å². The molecule has 1 N–H and O–H groups in total. The van der Waals surface area contributed by atoms with Gasteiger partial charge in [-0.3, -0.25) is 9.59 Å². The molecule has 35 heavy (non-hydrogen) atoms. The first-order chi connectivity index (χ1) is 17.1. The number of morpholine rings is 1. The highest BCUT2D eigenvalue weighted by Crippen LogP contribution is 2.23. The van der Waals surface area contributed by atoms with Crippen LogP contribution >= 0.6 is 0 Å². The molecule has 0 aliphatic carbocycles. The third kappa shape index (κ3) is 4.95. The lowest BCUT2D eigenvalue weighted by Gasteiger charge is -2.31. The van der Waals surface area contributed by atoms with Crippen molar-refractivity contribution in [2.75, 3.05) is 38.3 Å². The summed E-state index contributed by atoms with van der Waals surface area (Å²) in [7, 11) is 1.81. The first-order valence-corrected chi connectivity index (χ1v) is 11.8. The average molecular weight is 473 g/mol. The van der Waals surface area contributed by atoms with Crippen molar-refractivity contribution in [1.29, 1.82) is 0 Å². The summed E-state index contributed by atoms with van der Waals surface area (Å²) in [6.45, 7) is 3.62. The lowest BCUT2D eigenvalue weighted by Crippen LogP contribution is -2.37. The van der Waals surface area contributed by atoms with Gasteiger partial charge >= 0.3 is 0 Å². The van der Waals surface area contributed by atoms with Crippen molar-refractivity contribution >= 4 is 22.6 Å². The molecule has 1 saturated heterocycles. The summed E-state index contributed by atoms with van der Waals surface area (Å²) in [6.07, 6.45) is 2.09. The van der Waals surface area contributed by atoms with Crippen molar-refractivity contribution in [2.45, 2.75) is 19.4 Å². The molecule has 0 spiro atoms. The number of anilines is 1. The molecule has 5 rings (SSSR count). The molecule has 0 radical (unpaired) electrons. The van der Waals surface area contributed by atoms with Crippen LogP contribution in [0.2, 0.25) is 0 Å². The summed E-state index contributed by atoms with van der Waals surface area (Å²) in [5.74, 6) is 0.455. The van der Waals surface area contributed by atoms with Crippen LogP contribution in [0.4, 0.5) is 5.69 Å². The van der Waals surface area contributed by atoms with Crippen LogP contribution in [0.1, 0.15) is 17.8 Å². The number of hydrogen-bond acceptors (Lipinski definition) is 6. The lowest BCUT2D eigenvalue weighted by atomic mass is 10.1. The van der Waals surface area contributed by atoms with E-state index in [4.69, 9.17) is 4.74 Å². The number of carbonyl (C=O) groups excluding carboxylic acids is 1. The number of nitrogens with zero attached hydrogens (tertiary/aromatic N) is 5. The van der Waals surface area contributed by atoms with E-state index in [1.165, 1.54) is 6.20 Å². The van der Waals surface area contributed by atoms with Crippen LogP contribution in [0.5, 0.6) is 0 Å². The van der Waals surface area contributed by atoms with Crippen LogP contribution < -0.4 is 10.5 Å². The van der Waals surface area contributed by atoms with Crippen molar-refractivity contribution in [1.82, 2.24) is 24.6 Å². The Kier molecular flexibility index (Phi) is 6.58. The zero-order chi connectivity index (χ0) is 24.2. The molecule has 3 heterocycles. The summed E-state index contributed by atoms with van der Waals surface area (Å²) in [4.78, 5) is 37.0. The zero-order valence-corrected chi connectivity index (χ0v) is 19.7. The molecular formula is C26H28N6O3. The minimum absolute atomic E-state index is 0.0129. The molecule has 0 bridgehead atoms. The number of nitrogens with one attached hydrogen (secondary N) is 1. The highest BCUT2D eigenvalue weighted by Gasteiger charge is 2.18. The van der Waals surface area contributed by atoms with Gasteiger partial charge in [0.15, 0.2) is 5.65 Å². The fourth-order valence-corrected chi connectivity index (χ4v) is 4.36. The van der Waals surface area contributed by atoms with E-state index in [1.54, 1.807) is 9.58 Å². The van der Waals surface area contributed by atoms with Crippen LogP contribution in [-0.2, 0) is 22.5 Å². The van der Waals surface area contributed by atoms with E-state index in [9.17, 15) is 9.59 Å². The topological polar surface area (TPSA) is 96.3 Å². The third-order valence-electron chi connectivity index (χ3n) is 6.24. The number of rotatable bonds is 7. The second-order valence-electron chi connectivity index (χ2n) is 8.62. The molecule has 1 amide bonds. The Hall–Kier alpha value is -3.98. The number of aromatic amines is 1. The van der Waals surface area contributed by atoms with Gasteiger partial charge in [0.2, 0.25) is 5.91 Å². The maximum Gasteiger partial charge on any atom is 0.262 e. The van der Waals surface area contributed by atoms with Gasteiger partial charge in [-0.1, -0.05) is 36.4 Å². The highest BCUT2D eigenvalue weighted by molar-refractivity contribution is 5.77. The van der Waals surface area contributed by atoms with Gasteiger partial charge in [0.25, 0.3) is 5.56 Å². The molecule has 0 saturated carbocycles. The van der Waals surface area contributed by atoms with Crippen molar-refractivity contribution in [2.24, 2.45) is 0 Å². The molecule has 2 aromatic carbocycles. The van der Waals surface area contributed by atoms with Crippen LogP contribution in [0.3, 0.4) is 0 Å². The molecule has 180 valence electrons. The van der Waals surface area contributed by atoms with Gasteiger partial charge in [-0.2, -0.15) is 5.10 Å². The number of H-pyrrole nitrogens is 1. The Morgan fingerprint density at radius 2 is 1.83 bits per heavy atom. The second kappa shape index (κ2) is 10.1. The Balaban J connectivity index is 1.28. The number of ether oxygens (including phenoxy) is 1. The zero-order valence-electron chi connectivity index (χ0n) is 19.7. The van der Waals surface area contributed by atoms with Gasteiger partial charge in [0, 0.05) is 45.2 Å². The van der Waals surface area contributed by atoms with Gasteiger partial charge in [-0.15, -0.1) is 0 Å². The standard InChI is InChI=1S/C26H28N6O3/c1-30(18-19-7-5-6-10-22(19)31-13-15-35-16-14-31)24(33)12-11-23-28-25-21(26(34)29-23)17-27-32(25)20-8-3-2-4-9-20/h2-10,17H,11-16,18H2,1H3,(H,28,29,34). The van der Waals surface area contributed by atoms with Crippen LogP contribution in [0, 0.1) is 0 Å². The Morgan fingerprint density at radius 1 is 1.09 bits per heavy atom. The van der Waals surface area contributed by atoms with Crippen molar-refractivity contribution in [3.63, 3.8) is 0 Å². The smallest absolute Gasteiger partial charge is 0.262 e. The van der Waals surface area contributed by atoms with E-state index < -0.39 is 0 Å². The fraction of sp³-hybridized carbons (Fsp3) is 0.308. The molecule has 0 atom stereocenters. The normalized spacial score (nSPS) is 13.8. The average Bonchev–Trinajstić information content (AvgIpc) is 3.33.